The van der Waals surface area contributed by atoms with E-state index in [-0.39, 0.29) is 24.0 Å². The molecule has 86 valence electrons. The molecule has 3 nitrogen and oxygen atoms in total. The van der Waals surface area contributed by atoms with Crippen molar-refractivity contribution in [3.63, 3.8) is 0 Å². The van der Waals surface area contributed by atoms with Crippen molar-refractivity contribution in [1.82, 2.24) is 0 Å². The number of rotatable bonds is 7. The van der Waals surface area contributed by atoms with Gasteiger partial charge in [-0.25, -0.2) is 8.42 Å². The van der Waals surface area contributed by atoms with Gasteiger partial charge >= 0.3 is 0 Å². The first kappa shape index (κ1) is 13.9. The van der Waals surface area contributed by atoms with E-state index in [4.69, 9.17) is 5.11 Å². The van der Waals surface area contributed by atoms with Crippen molar-refractivity contribution in [3.05, 3.63) is 0 Å². The van der Waals surface area contributed by atoms with E-state index in [1.807, 2.05) is 20.8 Å². The number of aliphatic hydroxyl groups is 1. The molecule has 0 radical (unpaired) electrons. The summed E-state index contributed by atoms with van der Waals surface area (Å²) in [5.74, 6) is 0.937. The minimum absolute atomic E-state index is 0.0827. The van der Waals surface area contributed by atoms with E-state index in [1.165, 1.54) is 0 Å². The molecule has 0 aliphatic rings. The van der Waals surface area contributed by atoms with Crippen LogP contribution in [0.2, 0.25) is 0 Å². The van der Waals surface area contributed by atoms with Gasteiger partial charge < -0.3 is 5.11 Å². The number of hydrogen-bond donors (Lipinski definition) is 1. The fourth-order valence-electron chi connectivity index (χ4n) is 1.38. The van der Waals surface area contributed by atoms with Crippen LogP contribution < -0.4 is 0 Å². The normalized spacial score (nSPS) is 14.6. The van der Waals surface area contributed by atoms with Gasteiger partial charge in [-0.2, -0.15) is 0 Å². The Balaban J connectivity index is 4.03. The van der Waals surface area contributed by atoms with Crippen molar-refractivity contribution < 1.29 is 13.5 Å². The molecule has 0 aliphatic carbocycles. The summed E-state index contributed by atoms with van der Waals surface area (Å²) >= 11 is 0. The van der Waals surface area contributed by atoms with Crippen molar-refractivity contribution in [1.29, 1.82) is 0 Å². The Bertz CT molecular complexity index is 232. The lowest BCUT2D eigenvalue weighted by atomic mass is 9.94. The smallest absolute Gasteiger partial charge is 0.150 e. The third kappa shape index (κ3) is 5.60. The highest BCUT2D eigenvalue weighted by atomic mass is 32.2. The summed E-state index contributed by atoms with van der Waals surface area (Å²) < 4.78 is 22.8. The summed E-state index contributed by atoms with van der Waals surface area (Å²) in [6.45, 7) is 5.96. The van der Waals surface area contributed by atoms with Crippen LogP contribution in [0, 0.1) is 11.8 Å². The van der Waals surface area contributed by atoms with Crippen molar-refractivity contribution in [3.8, 4) is 0 Å². The van der Waals surface area contributed by atoms with Crippen molar-refractivity contribution in [2.75, 3.05) is 18.1 Å². The van der Waals surface area contributed by atoms with E-state index >= 15 is 0 Å². The largest absolute Gasteiger partial charge is 0.396 e. The molecule has 0 aliphatic heterocycles. The molecular weight excluding hydrogens is 200 g/mol. The molecule has 0 spiro atoms. The van der Waals surface area contributed by atoms with Crippen LogP contribution in [0.15, 0.2) is 0 Å². The zero-order valence-electron chi connectivity index (χ0n) is 9.36. The van der Waals surface area contributed by atoms with Gasteiger partial charge in [0.15, 0.2) is 0 Å². The van der Waals surface area contributed by atoms with E-state index in [0.29, 0.717) is 18.8 Å². The Morgan fingerprint density at radius 2 is 1.79 bits per heavy atom. The van der Waals surface area contributed by atoms with Gasteiger partial charge in [0.1, 0.15) is 9.84 Å². The summed E-state index contributed by atoms with van der Waals surface area (Å²) in [6, 6.07) is 0. The van der Waals surface area contributed by atoms with Crippen molar-refractivity contribution >= 4 is 9.84 Å². The second kappa shape index (κ2) is 6.40. The average Bonchev–Trinajstić information content (AvgIpc) is 2.04. The molecule has 1 atom stereocenters. The molecule has 0 saturated carbocycles. The zero-order valence-corrected chi connectivity index (χ0v) is 10.2. The highest BCUT2D eigenvalue weighted by molar-refractivity contribution is 7.91. The monoisotopic (exact) mass is 222 g/mol. The molecule has 4 heteroatoms. The molecule has 0 rings (SSSR count). The fraction of sp³-hybridized carbons (Fsp3) is 1.00. The first-order valence-electron chi connectivity index (χ1n) is 5.24. The number of sulfone groups is 1. The minimum Gasteiger partial charge on any atom is -0.396 e. The van der Waals surface area contributed by atoms with Gasteiger partial charge in [-0.05, 0) is 24.7 Å². The second-order valence-electron chi connectivity index (χ2n) is 4.13. The van der Waals surface area contributed by atoms with Gasteiger partial charge in [-0.1, -0.05) is 20.8 Å². The standard InChI is InChI=1S/C10H22O3S/c1-4-6-14(12,13)7-5-10(8-11)9(2)3/h9-11H,4-8H2,1-3H3. The van der Waals surface area contributed by atoms with Crippen LogP contribution >= 0.6 is 0 Å². The Morgan fingerprint density at radius 3 is 2.14 bits per heavy atom. The van der Waals surface area contributed by atoms with Gasteiger partial charge in [-0.15, -0.1) is 0 Å². The van der Waals surface area contributed by atoms with Gasteiger partial charge in [0, 0.05) is 12.4 Å². The van der Waals surface area contributed by atoms with Crippen LogP contribution in [0.3, 0.4) is 0 Å². The first-order chi connectivity index (χ1) is 6.43. The molecule has 0 fully saturated rings. The van der Waals surface area contributed by atoms with Gasteiger partial charge in [0.05, 0.1) is 5.75 Å². The van der Waals surface area contributed by atoms with Gasteiger partial charge in [0.25, 0.3) is 0 Å². The SMILES string of the molecule is CCCS(=O)(=O)CCC(CO)C(C)C. The van der Waals surface area contributed by atoms with E-state index in [0.717, 1.165) is 0 Å². The highest BCUT2D eigenvalue weighted by Gasteiger charge is 2.16. The predicted molar refractivity (Wildman–Crippen MR) is 59.0 cm³/mol. The van der Waals surface area contributed by atoms with Crippen LogP contribution in [-0.4, -0.2) is 31.6 Å². The third-order valence-electron chi connectivity index (χ3n) is 2.49. The number of hydrogen-bond acceptors (Lipinski definition) is 3. The summed E-state index contributed by atoms with van der Waals surface area (Å²) in [4.78, 5) is 0. The van der Waals surface area contributed by atoms with Crippen LogP contribution in [0.25, 0.3) is 0 Å². The summed E-state index contributed by atoms with van der Waals surface area (Å²) in [5.41, 5.74) is 0. The fourth-order valence-corrected chi connectivity index (χ4v) is 2.87. The molecule has 1 unspecified atom stereocenters. The lowest BCUT2D eigenvalue weighted by Crippen LogP contribution is -2.19. The zero-order chi connectivity index (χ0) is 11.2. The maximum atomic E-state index is 11.4. The Kier molecular flexibility index (Phi) is 6.36. The maximum Gasteiger partial charge on any atom is 0.150 e. The highest BCUT2D eigenvalue weighted by Crippen LogP contribution is 2.15. The lowest BCUT2D eigenvalue weighted by molar-refractivity contribution is 0.186. The molecule has 0 amide bonds. The van der Waals surface area contributed by atoms with Crippen molar-refractivity contribution in [2.45, 2.75) is 33.6 Å². The van der Waals surface area contributed by atoms with E-state index in [2.05, 4.69) is 0 Å². The van der Waals surface area contributed by atoms with Gasteiger partial charge in [-0.3, -0.25) is 0 Å². The maximum absolute atomic E-state index is 11.4. The molecule has 0 saturated heterocycles. The molecule has 0 aromatic heterocycles. The van der Waals surface area contributed by atoms with Crippen molar-refractivity contribution in [2.24, 2.45) is 11.8 Å². The van der Waals surface area contributed by atoms with Crippen LogP contribution in [0.1, 0.15) is 33.6 Å². The van der Waals surface area contributed by atoms with Gasteiger partial charge in [0.2, 0.25) is 0 Å². The quantitative estimate of drug-likeness (QED) is 0.709. The summed E-state index contributed by atoms with van der Waals surface area (Å²) in [7, 11) is -2.88. The van der Waals surface area contributed by atoms with Crippen LogP contribution in [0.4, 0.5) is 0 Å². The van der Waals surface area contributed by atoms with Crippen LogP contribution in [-0.2, 0) is 9.84 Å². The molecule has 0 bridgehead atoms. The Labute approximate surface area is 87.4 Å². The first-order valence-corrected chi connectivity index (χ1v) is 7.06. The molecule has 0 aromatic carbocycles. The van der Waals surface area contributed by atoms with E-state index < -0.39 is 9.84 Å². The Hall–Kier alpha value is -0.0900. The Morgan fingerprint density at radius 1 is 1.21 bits per heavy atom. The molecule has 14 heavy (non-hydrogen) atoms. The number of aliphatic hydroxyl groups excluding tert-OH is 1. The minimum atomic E-state index is -2.88. The lowest BCUT2D eigenvalue weighted by Gasteiger charge is -2.17. The summed E-state index contributed by atoms with van der Waals surface area (Å²) in [5, 5.41) is 9.03. The predicted octanol–water partition coefficient (Wildman–Crippen LogP) is 1.47. The molecule has 1 N–H and O–H groups in total. The molecule has 0 aromatic rings. The van der Waals surface area contributed by atoms with E-state index in [1.54, 1.807) is 0 Å². The van der Waals surface area contributed by atoms with E-state index in [9.17, 15) is 8.42 Å². The third-order valence-corrected chi connectivity index (χ3v) is 4.38. The second-order valence-corrected chi connectivity index (χ2v) is 6.43. The van der Waals surface area contributed by atoms with Crippen LogP contribution in [0.5, 0.6) is 0 Å². The average molecular weight is 222 g/mol. The molecule has 0 heterocycles. The topological polar surface area (TPSA) is 54.4 Å². The molecular formula is C10H22O3S. The summed E-state index contributed by atoms with van der Waals surface area (Å²) in [6.07, 6.45) is 1.25.